The van der Waals surface area contributed by atoms with Crippen LogP contribution in [-0.4, -0.2) is 13.7 Å². The summed E-state index contributed by atoms with van der Waals surface area (Å²) in [4.78, 5) is 0. The molecule has 0 amide bonds. The van der Waals surface area contributed by atoms with Crippen molar-refractivity contribution in [2.75, 3.05) is 0 Å². The zero-order chi connectivity index (χ0) is 47.2. The fourth-order valence-corrected chi connectivity index (χ4v) is 12.0. The molecule has 0 spiro atoms. The van der Waals surface area contributed by atoms with Gasteiger partial charge in [-0.1, -0.05) is 157 Å². The van der Waals surface area contributed by atoms with Crippen LogP contribution in [0.1, 0.15) is 33.4 Å². The van der Waals surface area contributed by atoms with Crippen molar-refractivity contribution in [2.24, 2.45) is 21.1 Å². The molecule has 0 atom stereocenters. The first kappa shape index (κ1) is 41.8. The van der Waals surface area contributed by atoms with Gasteiger partial charge in [0.15, 0.2) is 0 Å². The van der Waals surface area contributed by atoms with Crippen LogP contribution >= 0.6 is 0 Å². The third-order valence-corrected chi connectivity index (χ3v) is 15.5. The van der Waals surface area contributed by atoms with E-state index in [0.717, 1.165) is 12.8 Å². The van der Waals surface area contributed by atoms with Crippen LogP contribution in [0.5, 0.6) is 0 Å². The van der Waals surface area contributed by atoms with Crippen molar-refractivity contribution in [1.29, 1.82) is 0 Å². The van der Waals surface area contributed by atoms with E-state index in [1.54, 1.807) is 0 Å². The Morgan fingerprint density at radius 1 is 0.271 bits per heavy atom. The summed E-state index contributed by atoms with van der Waals surface area (Å²) >= 11 is 0. The predicted molar refractivity (Wildman–Crippen MR) is 298 cm³/mol. The summed E-state index contributed by atoms with van der Waals surface area (Å²) in [6.45, 7) is 4.29. The molecule has 0 radical (unpaired) electrons. The van der Waals surface area contributed by atoms with E-state index in [1.165, 1.54) is 143 Å². The summed E-state index contributed by atoms with van der Waals surface area (Å²) in [5.41, 5.74) is 27.0. The number of benzene rings is 10. The van der Waals surface area contributed by atoms with Gasteiger partial charge in [-0.15, -0.1) is 0 Å². The first-order valence-corrected chi connectivity index (χ1v) is 24.6. The Kier molecular flexibility index (Phi) is 9.78. The lowest BCUT2D eigenvalue weighted by molar-refractivity contribution is 1.01. The Hall–Kier alpha value is -8.40. The maximum Gasteiger partial charge on any atom is 0.0489 e. The number of hydrogen-bond donors (Lipinski definition) is 0. The highest BCUT2D eigenvalue weighted by Crippen LogP contribution is 2.45. The van der Waals surface area contributed by atoms with Crippen molar-refractivity contribution in [2.45, 2.75) is 26.7 Å². The minimum absolute atomic E-state index is 1.00. The van der Waals surface area contributed by atoms with Crippen LogP contribution in [0.25, 0.3) is 110 Å². The zero-order valence-electron chi connectivity index (χ0n) is 40.4. The number of aryl methyl sites for hydroxylation is 5. The van der Waals surface area contributed by atoms with E-state index >= 15 is 0 Å². The molecule has 0 N–H and O–H groups in total. The highest BCUT2D eigenvalue weighted by molar-refractivity contribution is 6.12. The lowest BCUT2D eigenvalue weighted by Gasteiger charge is -2.10. The SMILES string of the molecule is Cc1ccc2c(c1)c1cc(C)ccc1n2C.Cn1c2ccc(-c3cccc4c3Cc3ccccc3-4)cc2c2cc(-c3cccc4c3Cc3ccccc3-4)ccc21.Cn1c2ccccc2c2ccccc21. The number of para-hydroxylation sites is 2. The second-order valence-electron chi connectivity index (χ2n) is 19.5. The third-order valence-electron chi connectivity index (χ3n) is 15.5. The average Bonchev–Trinajstić information content (AvgIpc) is 4.19. The summed E-state index contributed by atoms with van der Waals surface area (Å²) in [6, 6.07) is 75.7. The largest absolute Gasteiger partial charge is 0.344 e. The van der Waals surface area contributed by atoms with Crippen LogP contribution in [0, 0.1) is 13.8 Å². The van der Waals surface area contributed by atoms with Crippen molar-refractivity contribution in [3.8, 4) is 44.5 Å². The molecule has 70 heavy (non-hydrogen) atoms. The second kappa shape index (κ2) is 16.4. The first-order chi connectivity index (χ1) is 34.3. The van der Waals surface area contributed by atoms with Crippen LogP contribution in [0.15, 0.2) is 206 Å². The number of nitrogens with zero attached hydrogens (tertiary/aromatic N) is 3. The fourth-order valence-electron chi connectivity index (χ4n) is 12.0. The fraction of sp³-hybridized carbons (Fsp3) is 0.104. The highest BCUT2D eigenvalue weighted by Gasteiger charge is 2.24. The number of hydrogen-bond acceptors (Lipinski definition) is 0. The van der Waals surface area contributed by atoms with Gasteiger partial charge in [0.2, 0.25) is 0 Å². The molecule has 336 valence electrons. The van der Waals surface area contributed by atoms with Crippen molar-refractivity contribution in [3.63, 3.8) is 0 Å². The molecule has 3 heteroatoms. The Morgan fingerprint density at radius 3 is 1.04 bits per heavy atom. The molecule has 10 aromatic carbocycles. The van der Waals surface area contributed by atoms with Crippen LogP contribution < -0.4 is 0 Å². The van der Waals surface area contributed by atoms with Gasteiger partial charge in [-0.25, -0.2) is 0 Å². The molecule has 0 unspecified atom stereocenters. The molecule has 0 aliphatic heterocycles. The third kappa shape index (κ3) is 6.64. The molecule has 2 aliphatic rings. The van der Waals surface area contributed by atoms with Gasteiger partial charge >= 0.3 is 0 Å². The minimum atomic E-state index is 1.00. The second-order valence-corrected chi connectivity index (χ2v) is 19.5. The monoisotopic (exact) mass is 899 g/mol. The van der Waals surface area contributed by atoms with Crippen LogP contribution in [0.2, 0.25) is 0 Å². The van der Waals surface area contributed by atoms with Crippen molar-refractivity contribution in [1.82, 2.24) is 13.7 Å². The summed E-state index contributed by atoms with van der Waals surface area (Å²) in [5, 5.41) is 8.04. The molecular formula is C67H53N3. The van der Waals surface area contributed by atoms with Gasteiger partial charge in [0.05, 0.1) is 0 Å². The smallest absolute Gasteiger partial charge is 0.0489 e. The molecule has 3 aromatic heterocycles. The predicted octanol–water partition coefficient (Wildman–Crippen LogP) is 17.1. The molecule has 3 heterocycles. The Morgan fingerprint density at radius 2 is 0.600 bits per heavy atom. The highest BCUT2D eigenvalue weighted by atomic mass is 14.9. The van der Waals surface area contributed by atoms with Crippen molar-refractivity contribution in [3.05, 3.63) is 240 Å². The normalized spacial score (nSPS) is 12.2. The Bertz CT molecular complexity index is 3980. The Labute approximate surface area is 409 Å². The summed E-state index contributed by atoms with van der Waals surface area (Å²) in [7, 11) is 6.44. The van der Waals surface area contributed by atoms with E-state index in [1.807, 2.05) is 0 Å². The van der Waals surface area contributed by atoms with E-state index in [0.29, 0.717) is 0 Å². The van der Waals surface area contributed by atoms with Gasteiger partial charge in [-0.05, 0) is 154 Å². The van der Waals surface area contributed by atoms with Crippen LogP contribution in [-0.2, 0) is 34.0 Å². The zero-order valence-corrected chi connectivity index (χ0v) is 40.4. The topological polar surface area (TPSA) is 14.8 Å². The van der Waals surface area contributed by atoms with Gasteiger partial charge < -0.3 is 13.7 Å². The number of aromatic nitrogens is 3. The number of fused-ring (bicyclic) bond motifs is 15. The molecule has 13 aromatic rings. The molecule has 0 saturated carbocycles. The van der Waals surface area contributed by atoms with Gasteiger partial charge in [0, 0.05) is 86.6 Å². The minimum Gasteiger partial charge on any atom is -0.344 e. The molecule has 0 bridgehead atoms. The standard InChI is InChI=1S/C39H27N.C15H15N.C13H11N/c1-40-38-18-16-26(30-12-6-14-32-28-10-4-2-8-24(28)20-34(30)32)22-36(38)37-23-27(17-19-39(37)40)31-13-7-15-33-29-11-5-3-9-25(29)21-35(31)33;1-10-4-6-14-12(8-10)13-9-11(2)5-7-15(13)16(14)3;1-14-12-8-4-2-6-10(12)11-7-3-5-9-13(11)14/h2-19,22-23H,20-21H2,1H3;4-9H,1-3H3;2-9H,1H3. The van der Waals surface area contributed by atoms with E-state index in [-0.39, 0.29) is 0 Å². The number of rotatable bonds is 2. The van der Waals surface area contributed by atoms with Gasteiger partial charge in [-0.2, -0.15) is 0 Å². The van der Waals surface area contributed by atoms with Gasteiger partial charge in [0.25, 0.3) is 0 Å². The molecule has 0 fully saturated rings. The maximum atomic E-state index is 2.42. The van der Waals surface area contributed by atoms with E-state index in [2.05, 4.69) is 255 Å². The van der Waals surface area contributed by atoms with E-state index in [4.69, 9.17) is 0 Å². The average molecular weight is 900 g/mol. The molecule has 2 aliphatic carbocycles. The molecular weight excluding hydrogens is 847 g/mol. The lowest BCUT2D eigenvalue weighted by Crippen LogP contribution is -1.89. The van der Waals surface area contributed by atoms with Crippen molar-refractivity contribution >= 4 is 65.4 Å². The van der Waals surface area contributed by atoms with Crippen LogP contribution in [0.4, 0.5) is 0 Å². The Balaban J connectivity index is 0.000000130. The summed E-state index contributed by atoms with van der Waals surface area (Å²) in [6.07, 6.45) is 2.00. The molecule has 15 rings (SSSR count). The van der Waals surface area contributed by atoms with E-state index in [9.17, 15) is 0 Å². The van der Waals surface area contributed by atoms with Crippen LogP contribution in [0.3, 0.4) is 0 Å². The summed E-state index contributed by atoms with van der Waals surface area (Å²) < 4.78 is 6.85. The van der Waals surface area contributed by atoms with Crippen molar-refractivity contribution < 1.29 is 0 Å². The van der Waals surface area contributed by atoms with E-state index < -0.39 is 0 Å². The van der Waals surface area contributed by atoms with Gasteiger partial charge in [0.1, 0.15) is 0 Å². The first-order valence-electron chi connectivity index (χ1n) is 24.6. The van der Waals surface area contributed by atoms with Gasteiger partial charge in [-0.3, -0.25) is 0 Å². The maximum absolute atomic E-state index is 2.42. The lowest BCUT2D eigenvalue weighted by atomic mass is 9.93. The molecule has 0 saturated heterocycles. The quantitative estimate of drug-likeness (QED) is 0.164. The molecule has 3 nitrogen and oxygen atoms in total. The summed E-state index contributed by atoms with van der Waals surface area (Å²) in [5.74, 6) is 0.